The second-order valence-corrected chi connectivity index (χ2v) is 1.36. The van der Waals surface area contributed by atoms with Gasteiger partial charge < -0.3 is 10.0 Å². The van der Waals surface area contributed by atoms with Crippen LogP contribution in [0.1, 0.15) is 0 Å². The van der Waals surface area contributed by atoms with E-state index in [4.69, 9.17) is 0 Å². The molecule has 0 radical (unpaired) electrons. The minimum Gasteiger partial charge on any atom is -0.569 e. The molecule has 0 aromatic carbocycles. The second kappa shape index (κ2) is 3.06. The van der Waals surface area contributed by atoms with Gasteiger partial charge in [-0.05, 0) is 0 Å². The van der Waals surface area contributed by atoms with E-state index in [0.29, 0.717) is 4.97 Å². The Morgan fingerprint density at radius 1 is 1.62 bits per heavy atom. The van der Waals surface area contributed by atoms with E-state index in [9.17, 15) is 5.21 Å². The van der Waals surface area contributed by atoms with Crippen LogP contribution in [0.3, 0.4) is 0 Å². The zero-order valence-electron chi connectivity index (χ0n) is 5.16. The first-order valence-electron chi connectivity index (χ1n) is 2.07. The number of rotatable bonds is 2. The molecule has 48 valence electrons. The average molecular weight is 119 g/mol. The number of hydrazine groups is 1. The monoisotopic (exact) mass is 119 g/mol. The van der Waals surface area contributed by atoms with Crippen LogP contribution in [0.5, 0.6) is 0 Å². The van der Waals surface area contributed by atoms with Gasteiger partial charge in [-0.3, -0.25) is 0 Å². The lowest BCUT2D eigenvalue weighted by Crippen LogP contribution is -2.20. The quantitative estimate of drug-likeness (QED) is 0.292. The molecule has 0 aromatic heterocycles. The normalized spacial score (nSPS) is 11.1. The van der Waals surface area contributed by atoms with E-state index in [1.165, 1.54) is 12.1 Å². The molecule has 0 N–H and O–H groups in total. The summed E-state index contributed by atoms with van der Waals surface area (Å²) in [6.07, 6.45) is 0. The van der Waals surface area contributed by atoms with E-state index < -0.39 is 0 Å². The summed E-state index contributed by atoms with van der Waals surface area (Å²) in [5, 5.41) is 14.6. The first-order chi connectivity index (χ1) is 3.68. The highest BCUT2D eigenvalue weighted by molar-refractivity contribution is 4.01. The molecular formula is C3H9N3O2. The van der Waals surface area contributed by atoms with Crippen molar-refractivity contribution in [1.82, 2.24) is 5.01 Å². The highest BCUT2D eigenvalue weighted by Gasteiger charge is 1.93. The van der Waals surface area contributed by atoms with Gasteiger partial charge in [-0.2, -0.15) is 5.01 Å². The van der Waals surface area contributed by atoms with Crippen molar-refractivity contribution in [2.75, 3.05) is 21.2 Å². The number of hydrogen-bond donors (Lipinski definition) is 0. The summed E-state index contributed by atoms with van der Waals surface area (Å²) >= 11 is 0. The molecule has 0 fully saturated rings. The molecule has 0 unspecified atom stereocenters. The van der Waals surface area contributed by atoms with Crippen molar-refractivity contribution in [2.45, 2.75) is 0 Å². The first kappa shape index (κ1) is 7.00. The fourth-order valence-electron chi connectivity index (χ4n) is 0.143. The molecule has 0 aliphatic rings. The molecule has 0 atom stereocenters. The summed E-state index contributed by atoms with van der Waals surface area (Å²) in [4.78, 5) is 4.50. The van der Waals surface area contributed by atoms with E-state index in [-0.39, 0.29) is 0 Å². The van der Waals surface area contributed by atoms with Gasteiger partial charge in [0.2, 0.25) is 5.28 Å². The molecule has 0 amide bonds. The fraction of sp³-hybridized carbons (Fsp3) is 1.00. The predicted octanol–water partition coefficient (Wildman–Crippen LogP) is -0.0131. The summed E-state index contributed by atoms with van der Waals surface area (Å²) in [5.74, 6) is 0. The van der Waals surface area contributed by atoms with Crippen LogP contribution in [0.4, 0.5) is 0 Å². The highest BCUT2D eigenvalue weighted by Crippen LogP contribution is 1.77. The topological polar surface area (TPSA) is 50.9 Å². The third-order valence-electron chi connectivity index (χ3n) is 0.494. The molecule has 5 nitrogen and oxygen atoms in total. The van der Waals surface area contributed by atoms with E-state index in [0.717, 1.165) is 0 Å². The van der Waals surface area contributed by atoms with Crippen LogP contribution in [0.25, 0.3) is 0 Å². The van der Waals surface area contributed by atoms with Crippen molar-refractivity contribution >= 4 is 0 Å². The maximum Gasteiger partial charge on any atom is 0.232 e. The summed E-state index contributed by atoms with van der Waals surface area (Å²) in [6, 6.07) is 0. The number of hydrogen-bond acceptors (Lipinski definition) is 3. The molecule has 0 aromatic rings. The molecule has 0 spiro atoms. The number of nitrogens with zero attached hydrogens (tertiary/aromatic N) is 3. The molecule has 0 aliphatic carbocycles. The second-order valence-electron chi connectivity index (χ2n) is 1.36. The molecule has 0 saturated carbocycles. The molecule has 0 aliphatic heterocycles. The Bertz CT molecular complexity index is 90.5. The molecule has 0 saturated heterocycles. The lowest BCUT2D eigenvalue weighted by atomic mass is 11.2. The van der Waals surface area contributed by atoms with Gasteiger partial charge in [0.15, 0.2) is 0 Å². The third kappa shape index (κ3) is 2.22. The van der Waals surface area contributed by atoms with Crippen LogP contribution in [-0.2, 0) is 4.84 Å². The zero-order chi connectivity index (χ0) is 6.57. The molecule has 8 heavy (non-hydrogen) atoms. The summed E-state index contributed by atoms with van der Waals surface area (Å²) in [6.45, 7) is 0. The maximum absolute atomic E-state index is 10.3. The Morgan fingerprint density at radius 3 is 2.25 bits per heavy atom. The Morgan fingerprint density at radius 2 is 2.12 bits per heavy atom. The van der Waals surface area contributed by atoms with Crippen LogP contribution in [0.15, 0.2) is 5.28 Å². The lowest BCUT2D eigenvalue weighted by molar-refractivity contribution is -0.699. The van der Waals surface area contributed by atoms with Crippen LogP contribution < -0.4 is 0 Å². The van der Waals surface area contributed by atoms with Gasteiger partial charge in [0, 0.05) is 0 Å². The van der Waals surface area contributed by atoms with Crippen molar-refractivity contribution in [1.29, 1.82) is 0 Å². The van der Waals surface area contributed by atoms with Gasteiger partial charge in [-0.25, -0.2) is 0 Å². The van der Waals surface area contributed by atoms with Crippen molar-refractivity contribution in [3.63, 3.8) is 0 Å². The summed E-state index contributed by atoms with van der Waals surface area (Å²) < 4.78 is 0. The van der Waals surface area contributed by atoms with Crippen molar-refractivity contribution in [3.05, 3.63) is 5.21 Å². The predicted molar refractivity (Wildman–Crippen MR) is 26.8 cm³/mol. The molecule has 5 heteroatoms. The van der Waals surface area contributed by atoms with E-state index in [1.54, 1.807) is 14.1 Å². The Hall–Kier alpha value is -1.00. The van der Waals surface area contributed by atoms with Crippen molar-refractivity contribution < 1.29 is 9.81 Å². The minimum atomic E-state index is 0.333. The van der Waals surface area contributed by atoms with E-state index >= 15 is 0 Å². The SMILES string of the molecule is CON=[N+]([O-])N(C)C. The molecule has 0 heterocycles. The van der Waals surface area contributed by atoms with Gasteiger partial charge in [0.1, 0.15) is 7.11 Å². The van der Waals surface area contributed by atoms with Gasteiger partial charge in [-0.1, -0.05) is 0 Å². The fourth-order valence-corrected chi connectivity index (χ4v) is 0.143. The summed E-state index contributed by atoms with van der Waals surface area (Å²) in [7, 11) is 4.44. The Balaban J connectivity index is 3.61. The van der Waals surface area contributed by atoms with Crippen LogP contribution in [-0.4, -0.2) is 31.2 Å². The minimum absolute atomic E-state index is 0.333. The Labute approximate surface area is 47.7 Å². The van der Waals surface area contributed by atoms with Gasteiger partial charge in [-0.15, -0.1) is 0 Å². The standard InChI is InChI=1S/C3H9N3O2/c1-5(2)6(7)4-8-3/h1-3H3. The lowest BCUT2D eigenvalue weighted by Gasteiger charge is -2.03. The smallest absolute Gasteiger partial charge is 0.232 e. The molecule has 0 rings (SSSR count). The van der Waals surface area contributed by atoms with Gasteiger partial charge >= 0.3 is 0 Å². The van der Waals surface area contributed by atoms with E-state index in [2.05, 4.69) is 10.1 Å². The maximum atomic E-state index is 10.3. The largest absolute Gasteiger partial charge is 0.569 e. The first-order valence-corrected chi connectivity index (χ1v) is 2.07. The molecular weight excluding hydrogens is 110 g/mol. The summed E-state index contributed by atoms with van der Waals surface area (Å²) in [5.41, 5.74) is 0. The highest BCUT2D eigenvalue weighted by atomic mass is 16.7. The van der Waals surface area contributed by atoms with Crippen LogP contribution in [0, 0.1) is 5.21 Å². The van der Waals surface area contributed by atoms with E-state index in [1.807, 2.05) is 0 Å². The van der Waals surface area contributed by atoms with Crippen molar-refractivity contribution in [3.8, 4) is 0 Å². The third-order valence-corrected chi connectivity index (χ3v) is 0.494. The van der Waals surface area contributed by atoms with Gasteiger partial charge in [0.05, 0.1) is 19.1 Å². The average Bonchev–Trinajstić information content (AvgIpc) is 1.67. The Kier molecular flexibility index (Phi) is 2.68. The van der Waals surface area contributed by atoms with Crippen LogP contribution in [0.2, 0.25) is 0 Å². The van der Waals surface area contributed by atoms with Gasteiger partial charge in [0.25, 0.3) is 0 Å². The van der Waals surface area contributed by atoms with Crippen LogP contribution >= 0.6 is 0 Å². The molecule has 0 bridgehead atoms. The zero-order valence-corrected chi connectivity index (χ0v) is 5.16. The van der Waals surface area contributed by atoms with Crippen molar-refractivity contribution in [2.24, 2.45) is 5.28 Å².